The predicted molar refractivity (Wildman–Crippen MR) is 193 cm³/mol. The second-order valence-corrected chi connectivity index (χ2v) is 14.0. The highest BCUT2D eigenvalue weighted by Crippen LogP contribution is 2.28. The number of rotatable bonds is 16. The Balaban J connectivity index is 2.53. The first-order valence-corrected chi connectivity index (χ1v) is 17.7. The quantitative estimate of drug-likeness (QED) is 0.0519. The first-order valence-electron chi connectivity index (χ1n) is 17.7. The third kappa shape index (κ3) is 13.5. The van der Waals surface area contributed by atoms with Crippen LogP contribution in [0.15, 0.2) is 4.99 Å². The molecule has 0 aromatic carbocycles. The summed E-state index contributed by atoms with van der Waals surface area (Å²) in [5, 5.41) is 44.2. The van der Waals surface area contributed by atoms with Gasteiger partial charge in [0, 0.05) is 33.7 Å². The number of carboxylic acids is 2. The van der Waals surface area contributed by atoms with Gasteiger partial charge in [-0.15, -0.1) is 0 Å². The number of likely N-dealkylation sites (N-methyl/N-ethyl adjacent to an activating group) is 1. The maximum Gasteiger partial charge on any atom is 0.306 e. The molecular weight excluding hydrogens is 728 g/mol. The van der Waals surface area contributed by atoms with Crippen LogP contribution < -0.4 is 37.6 Å². The van der Waals surface area contributed by atoms with Crippen molar-refractivity contribution in [3.8, 4) is 0 Å². The van der Waals surface area contributed by atoms with Crippen LogP contribution in [0.2, 0.25) is 0 Å². The van der Waals surface area contributed by atoms with Crippen LogP contribution in [-0.4, -0.2) is 167 Å². The van der Waals surface area contributed by atoms with Crippen molar-refractivity contribution in [1.82, 2.24) is 41.7 Å². The number of aliphatic hydroxyl groups is 1. The van der Waals surface area contributed by atoms with E-state index in [4.69, 9.17) is 10.8 Å². The van der Waals surface area contributed by atoms with E-state index in [9.17, 15) is 53.4 Å². The van der Waals surface area contributed by atoms with Gasteiger partial charge in [-0.2, -0.15) is 0 Å². The van der Waals surface area contributed by atoms with Gasteiger partial charge in [0.15, 0.2) is 0 Å². The van der Waals surface area contributed by atoms with Crippen LogP contribution in [0, 0.1) is 5.92 Å². The number of amides is 7. The molecule has 22 heteroatoms. The Morgan fingerprint density at radius 2 is 1.67 bits per heavy atom. The Morgan fingerprint density at radius 3 is 2.25 bits per heavy atom. The first kappa shape index (κ1) is 45.8. The van der Waals surface area contributed by atoms with Gasteiger partial charge in [0.2, 0.25) is 41.4 Å². The van der Waals surface area contributed by atoms with Crippen LogP contribution in [0.1, 0.15) is 59.3 Å². The van der Waals surface area contributed by atoms with E-state index in [1.807, 2.05) is 0 Å². The number of hydrogen-bond acceptors (Lipinski definition) is 12. The Bertz CT molecular complexity index is 1490. The molecule has 22 nitrogen and oxygen atoms in total. The molecule has 2 heterocycles. The smallest absolute Gasteiger partial charge is 0.306 e. The van der Waals surface area contributed by atoms with E-state index in [1.54, 1.807) is 13.8 Å². The molecule has 2 aliphatic rings. The summed E-state index contributed by atoms with van der Waals surface area (Å²) < 4.78 is 0. The Hall–Kier alpha value is -5.38. The average Bonchev–Trinajstić information content (AvgIpc) is 3.50. The summed E-state index contributed by atoms with van der Waals surface area (Å²) in [6.07, 6.45) is -2.72. The number of nitrogens with zero attached hydrogens (tertiary/aromatic N) is 3. The van der Waals surface area contributed by atoms with Crippen LogP contribution >= 0.6 is 0 Å². The molecule has 0 spiro atoms. The van der Waals surface area contributed by atoms with E-state index in [0.29, 0.717) is 0 Å². The number of carboxylic acid groups (broad SMARTS) is 2. The van der Waals surface area contributed by atoms with Crippen LogP contribution in [0.3, 0.4) is 0 Å². The summed E-state index contributed by atoms with van der Waals surface area (Å²) in [6.45, 7) is 4.93. The normalized spacial score (nSPS) is 25.5. The van der Waals surface area contributed by atoms with Gasteiger partial charge in [-0.05, 0) is 32.6 Å². The minimum Gasteiger partial charge on any atom is -0.481 e. The molecule has 308 valence electrons. The highest BCUT2D eigenvalue weighted by atomic mass is 16.4. The molecule has 2 rings (SSSR count). The molecule has 0 radical (unpaired) electrons. The van der Waals surface area contributed by atoms with E-state index in [0.717, 1.165) is 4.90 Å². The number of likely N-dealkylation sites (tertiary alicyclic amines) is 1. The lowest BCUT2D eigenvalue weighted by atomic mass is 10.0. The van der Waals surface area contributed by atoms with Crippen LogP contribution in [0.25, 0.3) is 0 Å². The lowest BCUT2D eigenvalue weighted by Gasteiger charge is -2.34. The van der Waals surface area contributed by atoms with E-state index >= 15 is 0 Å². The monoisotopic (exact) mass is 782 g/mol. The van der Waals surface area contributed by atoms with Gasteiger partial charge >= 0.3 is 11.9 Å². The van der Waals surface area contributed by atoms with Crippen molar-refractivity contribution in [2.45, 2.75) is 114 Å². The molecule has 55 heavy (non-hydrogen) atoms. The number of hydrogen-bond donors (Lipinski definition) is 10. The average molecular weight is 783 g/mol. The van der Waals surface area contributed by atoms with Crippen LogP contribution in [-0.2, 0) is 43.2 Å². The van der Waals surface area contributed by atoms with Gasteiger partial charge in [-0.25, -0.2) is 0 Å². The largest absolute Gasteiger partial charge is 0.481 e. The lowest BCUT2D eigenvalue weighted by Crippen LogP contribution is -2.62. The number of carbonyl (C=O) groups excluding carboxylic acids is 7. The summed E-state index contributed by atoms with van der Waals surface area (Å²) in [4.78, 5) is 123. The van der Waals surface area contributed by atoms with Crippen molar-refractivity contribution >= 4 is 59.6 Å². The van der Waals surface area contributed by atoms with Gasteiger partial charge in [-0.3, -0.25) is 48.1 Å². The van der Waals surface area contributed by atoms with Gasteiger partial charge in [0.25, 0.3) is 0 Å². The van der Waals surface area contributed by atoms with E-state index in [1.165, 1.54) is 39.3 Å². The molecule has 0 saturated carbocycles. The van der Waals surface area contributed by atoms with Crippen molar-refractivity contribution < 1.29 is 58.5 Å². The zero-order valence-electron chi connectivity index (χ0n) is 31.7. The minimum absolute atomic E-state index is 0.0961. The third-order valence-corrected chi connectivity index (χ3v) is 9.34. The fourth-order valence-electron chi connectivity index (χ4n) is 6.40. The Labute approximate surface area is 317 Å². The summed E-state index contributed by atoms with van der Waals surface area (Å²) in [5.41, 5.74) is 5.73. The topological polar surface area (TPSA) is 331 Å². The summed E-state index contributed by atoms with van der Waals surface area (Å²) in [5.74, 6) is -9.04. The lowest BCUT2D eigenvalue weighted by molar-refractivity contribution is -0.145. The van der Waals surface area contributed by atoms with Gasteiger partial charge in [-0.1, -0.05) is 6.92 Å². The van der Waals surface area contributed by atoms with Crippen molar-refractivity contribution in [1.29, 1.82) is 0 Å². The summed E-state index contributed by atoms with van der Waals surface area (Å²) in [7, 11) is 3.94. The van der Waals surface area contributed by atoms with E-state index in [2.05, 4.69) is 36.9 Å². The van der Waals surface area contributed by atoms with Crippen molar-refractivity contribution in [3.05, 3.63) is 0 Å². The first-order chi connectivity index (χ1) is 25.7. The van der Waals surface area contributed by atoms with E-state index in [-0.39, 0.29) is 25.3 Å². The molecule has 0 aromatic heterocycles. The Morgan fingerprint density at radius 1 is 1.04 bits per heavy atom. The molecule has 10 atom stereocenters. The maximum absolute atomic E-state index is 14.1. The molecule has 9 unspecified atom stereocenters. The number of aliphatic carboxylic acids is 2. The molecule has 7 amide bonds. The molecular formula is C33H54N10O12. The minimum atomic E-state index is -1.66. The van der Waals surface area contributed by atoms with Crippen LogP contribution in [0.5, 0.6) is 0 Å². The van der Waals surface area contributed by atoms with Crippen molar-refractivity contribution in [2.75, 3.05) is 27.7 Å². The van der Waals surface area contributed by atoms with Crippen LogP contribution in [0.4, 0.5) is 0 Å². The SMILES string of the molecule is CN=CNC(C)CC(NC(=O)C(N)CC(=O)O)C(=O)N(C)C1CC(=O)N[C@H](C)C(C(=O)N2CC(C)CC2C(O)CC(=O)O)NC(=O)C(CC(=O)NC)NC1=O. The molecule has 2 fully saturated rings. The standard InChI is InChI=1S/C33H54N10O12/c1-15-7-21(23(44)12-27(49)50)43(13-15)33(55)28-17(3)38-25(46)11-22(31(53)39-19(30(52)41-28)10-24(45)36-5)42(6)32(54)20(8-16(2)37-14-35-4)40-29(51)18(34)9-26(47)48/h14-23,28,44H,7-13,34H2,1-6H3,(H,35,37)(H,36,45)(H,38,46)(H,39,53)(H,40,51)(H,41,52)(H,47,48)(H,49,50)/t15?,16?,17-,18?,19?,20?,21?,22?,23?,28?/m1/s1. The number of carbonyl (C=O) groups is 9. The Kier molecular flexibility index (Phi) is 17.4. The number of nitrogens with one attached hydrogen (secondary N) is 6. The number of nitrogens with two attached hydrogens (primary N) is 1. The molecule has 0 aliphatic carbocycles. The highest BCUT2D eigenvalue weighted by molar-refractivity contribution is 6.00. The van der Waals surface area contributed by atoms with Gasteiger partial charge < -0.3 is 62.8 Å². The molecule has 11 N–H and O–H groups in total. The van der Waals surface area contributed by atoms with E-state index < -0.39 is 133 Å². The zero-order chi connectivity index (χ0) is 41.7. The maximum atomic E-state index is 14.1. The zero-order valence-corrected chi connectivity index (χ0v) is 31.7. The molecule has 0 bridgehead atoms. The molecule has 2 aliphatic heterocycles. The fraction of sp³-hybridized carbons (Fsp3) is 0.697. The number of aliphatic hydroxyl groups excluding tert-OH is 1. The van der Waals surface area contributed by atoms with Crippen molar-refractivity contribution in [2.24, 2.45) is 16.6 Å². The van der Waals surface area contributed by atoms with Gasteiger partial charge in [0.05, 0.1) is 56.3 Å². The number of aliphatic imine (C=N–C) groups is 1. The summed E-state index contributed by atoms with van der Waals surface area (Å²) in [6, 6.07) is -10.4. The second-order valence-electron chi connectivity index (χ2n) is 14.0. The van der Waals surface area contributed by atoms with Gasteiger partial charge in [0.1, 0.15) is 24.2 Å². The highest BCUT2D eigenvalue weighted by Gasteiger charge is 2.44. The second kappa shape index (κ2) is 20.9. The molecule has 0 aromatic rings. The predicted octanol–water partition coefficient (Wildman–Crippen LogP) is -4.79. The summed E-state index contributed by atoms with van der Waals surface area (Å²) >= 11 is 0. The fourth-order valence-corrected chi connectivity index (χ4v) is 6.40. The van der Waals surface area contributed by atoms with Crippen molar-refractivity contribution in [3.63, 3.8) is 0 Å². The molecule has 2 saturated heterocycles. The third-order valence-electron chi connectivity index (χ3n) is 9.34.